The number of alkyl halides is 1. The van der Waals surface area contributed by atoms with Gasteiger partial charge in [0, 0.05) is 6.54 Å². The highest BCUT2D eigenvalue weighted by Gasteiger charge is 2.23. The van der Waals surface area contributed by atoms with Crippen LogP contribution in [0.15, 0.2) is 29.1 Å². The molecular formula is C17H23ClN2O. The molecule has 3 nitrogen and oxygen atoms in total. The van der Waals surface area contributed by atoms with Crippen molar-refractivity contribution >= 4 is 22.5 Å². The molecule has 1 heterocycles. The minimum Gasteiger partial charge on any atom is -0.295 e. The molecule has 1 aromatic heterocycles. The molecule has 0 radical (unpaired) electrons. The van der Waals surface area contributed by atoms with Crippen LogP contribution in [0.1, 0.15) is 45.8 Å². The molecule has 0 bridgehead atoms. The third-order valence-electron chi connectivity index (χ3n) is 4.18. The van der Waals surface area contributed by atoms with Crippen LogP contribution >= 0.6 is 11.6 Å². The largest absolute Gasteiger partial charge is 0.295 e. The number of para-hydroxylation sites is 1. The Morgan fingerprint density at radius 1 is 1.24 bits per heavy atom. The Morgan fingerprint density at radius 2 is 1.86 bits per heavy atom. The van der Waals surface area contributed by atoms with Crippen LogP contribution in [0.4, 0.5) is 0 Å². The molecule has 2 rings (SSSR count). The molecule has 4 heteroatoms. The van der Waals surface area contributed by atoms with Crippen molar-refractivity contribution in [3.8, 4) is 0 Å². The van der Waals surface area contributed by atoms with Gasteiger partial charge in [0.2, 0.25) is 0 Å². The lowest BCUT2D eigenvalue weighted by atomic mass is 9.82. The molecule has 114 valence electrons. The first kappa shape index (κ1) is 16.0. The summed E-state index contributed by atoms with van der Waals surface area (Å²) >= 11 is 6.26. The summed E-state index contributed by atoms with van der Waals surface area (Å²) in [5.41, 5.74) is 0.835. The van der Waals surface area contributed by atoms with Crippen molar-refractivity contribution in [3.05, 3.63) is 40.4 Å². The topological polar surface area (TPSA) is 34.9 Å². The third-order valence-corrected chi connectivity index (χ3v) is 4.38. The zero-order valence-electron chi connectivity index (χ0n) is 13.4. The minimum absolute atomic E-state index is 0.000741. The monoisotopic (exact) mass is 306 g/mol. The summed E-state index contributed by atoms with van der Waals surface area (Å²) in [7, 11) is 0. The fraction of sp³-hybridized carbons (Fsp3) is 0.529. The van der Waals surface area contributed by atoms with Gasteiger partial charge in [0.15, 0.2) is 0 Å². The summed E-state index contributed by atoms with van der Waals surface area (Å²) in [6, 6.07) is 7.44. The summed E-state index contributed by atoms with van der Waals surface area (Å²) < 4.78 is 1.75. The fourth-order valence-corrected chi connectivity index (χ4v) is 2.38. The molecule has 0 amide bonds. The summed E-state index contributed by atoms with van der Waals surface area (Å²) in [6.07, 6.45) is 0. The maximum atomic E-state index is 12.8. The van der Waals surface area contributed by atoms with E-state index in [0.717, 1.165) is 0 Å². The zero-order chi connectivity index (χ0) is 15.8. The van der Waals surface area contributed by atoms with E-state index in [1.165, 1.54) is 0 Å². The predicted molar refractivity (Wildman–Crippen MR) is 88.9 cm³/mol. The molecule has 2 aromatic rings. The Labute approximate surface area is 131 Å². The second-order valence-electron chi connectivity index (χ2n) is 6.79. The van der Waals surface area contributed by atoms with E-state index in [1.807, 2.05) is 31.2 Å². The van der Waals surface area contributed by atoms with Crippen LogP contribution < -0.4 is 5.56 Å². The molecule has 0 saturated carbocycles. The highest BCUT2D eigenvalue weighted by atomic mass is 35.5. The third kappa shape index (κ3) is 3.29. The van der Waals surface area contributed by atoms with Gasteiger partial charge in [0.1, 0.15) is 5.82 Å². The first-order chi connectivity index (χ1) is 9.71. The molecule has 2 atom stereocenters. The van der Waals surface area contributed by atoms with Gasteiger partial charge in [-0.05, 0) is 30.4 Å². The number of nitrogens with zero attached hydrogens (tertiary/aromatic N) is 2. The fourth-order valence-electron chi connectivity index (χ4n) is 2.21. The average Bonchev–Trinajstić information content (AvgIpc) is 2.40. The molecule has 0 fully saturated rings. The van der Waals surface area contributed by atoms with Gasteiger partial charge in [-0.2, -0.15) is 0 Å². The normalized spacial score (nSPS) is 15.1. The molecule has 0 saturated heterocycles. The Hall–Kier alpha value is -1.35. The van der Waals surface area contributed by atoms with Crippen molar-refractivity contribution in [3.63, 3.8) is 0 Å². The summed E-state index contributed by atoms with van der Waals surface area (Å²) in [5, 5.41) is 0.356. The summed E-state index contributed by atoms with van der Waals surface area (Å²) in [5.74, 6) is 0.990. The van der Waals surface area contributed by atoms with Crippen LogP contribution in [0.25, 0.3) is 10.9 Å². The number of aromatic nitrogens is 2. The Balaban J connectivity index is 2.63. The standard InChI is InChI=1S/C17H23ClN2O/c1-11(17(3,4)5)10-20-15(12(2)18)19-14-9-7-6-8-13(14)16(20)21/h6-9,11-12H,10H2,1-5H3. The second-order valence-corrected chi connectivity index (χ2v) is 7.44. The van der Waals surface area contributed by atoms with E-state index in [-0.39, 0.29) is 16.4 Å². The van der Waals surface area contributed by atoms with Crippen LogP contribution in [-0.2, 0) is 6.54 Å². The van der Waals surface area contributed by atoms with Crippen LogP contribution in [-0.4, -0.2) is 9.55 Å². The molecule has 21 heavy (non-hydrogen) atoms. The van der Waals surface area contributed by atoms with Crippen molar-refractivity contribution in [1.82, 2.24) is 9.55 Å². The second kappa shape index (κ2) is 5.80. The van der Waals surface area contributed by atoms with Gasteiger partial charge < -0.3 is 0 Å². The minimum atomic E-state index is -0.297. The summed E-state index contributed by atoms with van der Waals surface area (Å²) in [4.78, 5) is 17.4. The lowest BCUT2D eigenvalue weighted by Crippen LogP contribution is -2.32. The van der Waals surface area contributed by atoms with E-state index in [9.17, 15) is 4.79 Å². The Morgan fingerprint density at radius 3 is 2.43 bits per heavy atom. The van der Waals surface area contributed by atoms with Crippen LogP contribution in [0, 0.1) is 11.3 Å². The first-order valence-corrected chi connectivity index (χ1v) is 7.79. The molecule has 0 N–H and O–H groups in total. The average molecular weight is 307 g/mol. The molecule has 2 unspecified atom stereocenters. The van der Waals surface area contributed by atoms with Crippen molar-refractivity contribution in [2.75, 3.05) is 0 Å². The van der Waals surface area contributed by atoms with E-state index in [0.29, 0.717) is 29.2 Å². The molecule has 0 aliphatic heterocycles. The number of halogens is 1. The number of hydrogen-bond donors (Lipinski definition) is 0. The van der Waals surface area contributed by atoms with E-state index in [1.54, 1.807) is 4.57 Å². The van der Waals surface area contributed by atoms with E-state index in [4.69, 9.17) is 11.6 Å². The van der Waals surface area contributed by atoms with E-state index in [2.05, 4.69) is 32.7 Å². The number of benzene rings is 1. The Kier molecular flexibility index (Phi) is 4.43. The van der Waals surface area contributed by atoms with Gasteiger partial charge >= 0.3 is 0 Å². The molecule has 0 aliphatic rings. The molecule has 0 aliphatic carbocycles. The van der Waals surface area contributed by atoms with Crippen molar-refractivity contribution in [1.29, 1.82) is 0 Å². The van der Waals surface area contributed by atoms with E-state index >= 15 is 0 Å². The highest BCUT2D eigenvalue weighted by molar-refractivity contribution is 6.20. The van der Waals surface area contributed by atoms with E-state index < -0.39 is 0 Å². The van der Waals surface area contributed by atoms with Gasteiger partial charge in [0.25, 0.3) is 5.56 Å². The van der Waals surface area contributed by atoms with Crippen LogP contribution in [0.5, 0.6) is 0 Å². The van der Waals surface area contributed by atoms with Crippen molar-refractivity contribution < 1.29 is 0 Å². The maximum Gasteiger partial charge on any atom is 0.261 e. The molecule has 0 spiro atoms. The van der Waals surface area contributed by atoms with Crippen molar-refractivity contribution in [2.45, 2.75) is 46.5 Å². The quantitative estimate of drug-likeness (QED) is 0.789. The SMILES string of the molecule is CC(Cl)c1nc2ccccc2c(=O)n1CC(C)C(C)(C)C. The maximum absolute atomic E-state index is 12.8. The zero-order valence-corrected chi connectivity index (χ0v) is 14.1. The van der Waals surface area contributed by atoms with Crippen molar-refractivity contribution in [2.24, 2.45) is 11.3 Å². The van der Waals surface area contributed by atoms with Crippen LogP contribution in [0.2, 0.25) is 0 Å². The number of rotatable bonds is 3. The molecule has 1 aromatic carbocycles. The van der Waals surface area contributed by atoms with Gasteiger partial charge in [-0.3, -0.25) is 9.36 Å². The van der Waals surface area contributed by atoms with Crippen LogP contribution in [0.3, 0.4) is 0 Å². The van der Waals surface area contributed by atoms with Gasteiger partial charge in [-0.25, -0.2) is 4.98 Å². The smallest absolute Gasteiger partial charge is 0.261 e. The lowest BCUT2D eigenvalue weighted by molar-refractivity contribution is 0.228. The Bertz CT molecular complexity index is 698. The predicted octanol–water partition coefficient (Wildman–Crippen LogP) is 4.38. The lowest BCUT2D eigenvalue weighted by Gasteiger charge is -2.29. The number of fused-ring (bicyclic) bond motifs is 1. The highest BCUT2D eigenvalue weighted by Crippen LogP contribution is 2.28. The van der Waals surface area contributed by atoms with Gasteiger partial charge in [-0.1, -0.05) is 39.8 Å². The molecular weight excluding hydrogens is 284 g/mol. The summed E-state index contributed by atoms with van der Waals surface area (Å²) in [6.45, 7) is 11.2. The van der Waals surface area contributed by atoms with Gasteiger partial charge in [-0.15, -0.1) is 11.6 Å². The van der Waals surface area contributed by atoms with Gasteiger partial charge in [0.05, 0.1) is 16.3 Å². The number of hydrogen-bond acceptors (Lipinski definition) is 2. The first-order valence-electron chi connectivity index (χ1n) is 7.35.